The molecular weight excluding hydrogens is 530 g/mol. The van der Waals surface area contributed by atoms with Crippen LogP contribution in [-0.2, 0) is 20.9 Å². The molecule has 0 saturated carbocycles. The number of fused-ring (bicyclic) bond motifs is 3. The summed E-state index contributed by atoms with van der Waals surface area (Å²) in [7, 11) is 4.76. The van der Waals surface area contributed by atoms with Crippen molar-refractivity contribution in [1.82, 2.24) is 5.32 Å². The molecule has 0 saturated heterocycles. The number of carbonyl (C=O) groups excluding carboxylic acids is 2. The molecule has 0 aliphatic heterocycles. The van der Waals surface area contributed by atoms with Crippen LogP contribution in [0.25, 0.3) is 11.1 Å². The van der Waals surface area contributed by atoms with E-state index in [1.54, 1.807) is 17.9 Å². The monoisotopic (exact) mass is 567 g/mol. The molecule has 1 aliphatic rings. The number of hydrogen-bond donors (Lipinski definition) is 1. The Morgan fingerprint density at radius 3 is 2.05 bits per heavy atom. The molecule has 0 aromatic heterocycles. The lowest BCUT2D eigenvalue weighted by Gasteiger charge is -2.21. The molecule has 1 atom stereocenters. The number of alkyl carbamates (subject to hydrolysis) is 1. The molecule has 0 bridgehead atoms. The summed E-state index contributed by atoms with van der Waals surface area (Å²) in [5.41, 5.74) is 5.42. The van der Waals surface area contributed by atoms with E-state index in [1.165, 1.54) is 10.8 Å². The molecule has 1 aliphatic carbocycles. The Morgan fingerprint density at radius 1 is 0.897 bits per heavy atom. The van der Waals surface area contributed by atoms with E-state index >= 15 is 0 Å². The second-order valence-electron chi connectivity index (χ2n) is 9.96. The Morgan fingerprint density at radius 2 is 1.49 bits per heavy atom. The van der Waals surface area contributed by atoms with Gasteiger partial charge in [0.1, 0.15) is 25.0 Å². The number of rotatable bonds is 10. The van der Waals surface area contributed by atoms with Gasteiger partial charge in [0.05, 0.1) is 7.11 Å². The maximum atomic E-state index is 13.0. The zero-order valence-corrected chi connectivity index (χ0v) is 23.7. The third-order valence-electron chi connectivity index (χ3n) is 6.00. The van der Waals surface area contributed by atoms with Crippen molar-refractivity contribution < 1.29 is 23.8 Å². The van der Waals surface area contributed by atoms with Gasteiger partial charge in [0, 0.05) is 16.4 Å². The van der Waals surface area contributed by atoms with Gasteiger partial charge in [-0.2, -0.15) is 0 Å². The van der Waals surface area contributed by atoms with E-state index in [4.69, 9.17) is 14.2 Å². The molecule has 3 aromatic rings. The van der Waals surface area contributed by atoms with Crippen molar-refractivity contribution >= 4 is 33.7 Å². The Labute approximate surface area is 239 Å². The molecule has 0 spiro atoms. The summed E-state index contributed by atoms with van der Waals surface area (Å²) in [6, 6.07) is 22.8. The first-order valence-electron chi connectivity index (χ1n) is 12.5. The molecule has 1 N–H and O–H groups in total. The normalized spacial score (nSPS) is 12.9. The summed E-state index contributed by atoms with van der Waals surface area (Å²) in [4.78, 5) is 25.9. The number of methoxy groups -OCH3 is 1. The average Bonchev–Trinajstić information content (AvgIpc) is 3.23. The van der Waals surface area contributed by atoms with Gasteiger partial charge in [-0.25, -0.2) is 9.59 Å². The minimum absolute atomic E-state index is 0. The van der Waals surface area contributed by atoms with Gasteiger partial charge < -0.3 is 19.5 Å². The number of benzene rings is 3. The SMILES string of the molecule is C.COc1ccc(COC(=O)[C@H](CSSC(C)(C)C)NC(=O)OCC2c3ccccc3-c3ccccc32)cc1. The average molecular weight is 568 g/mol. The molecule has 1 amide bonds. The summed E-state index contributed by atoms with van der Waals surface area (Å²) in [5, 5.41) is 2.74. The third kappa shape index (κ3) is 8.19. The van der Waals surface area contributed by atoms with Gasteiger partial charge in [0.15, 0.2) is 0 Å². The van der Waals surface area contributed by atoms with Crippen LogP contribution in [0, 0.1) is 0 Å². The molecule has 0 heterocycles. The van der Waals surface area contributed by atoms with Gasteiger partial charge in [-0.1, -0.05) is 110 Å². The van der Waals surface area contributed by atoms with Gasteiger partial charge in [0.25, 0.3) is 0 Å². The van der Waals surface area contributed by atoms with Gasteiger partial charge in [-0.3, -0.25) is 0 Å². The van der Waals surface area contributed by atoms with Crippen LogP contribution in [0.15, 0.2) is 72.8 Å². The van der Waals surface area contributed by atoms with Crippen LogP contribution in [0.4, 0.5) is 4.79 Å². The fraction of sp³-hybridized carbons (Fsp3) is 0.355. The van der Waals surface area contributed by atoms with E-state index in [2.05, 4.69) is 50.4 Å². The number of ether oxygens (including phenoxy) is 3. The van der Waals surface area contributed by atoms with Gasteiger partial charge in [-0.05, 0) is 39.9 Å². The van der Waals surface area contributed by atoms with E-state index in [-0.39, 0.29) is 31.3 Å². The van der Waals surface area contributed by atoms with Gasteiger partial charge in [0.2, 0.25) is 0 Å². The van der Waals surface area contributed by atoms with E-state index < -0.39 is 18.1 Å². The molecule has 39 heavy (non-hydrogen) atoms. The second-order valence-corrected chi connectivity index (χ2v) is 13.1. The van der Waals surface area contributed by atoms with Crippen LogP contribution in [0.5, 0.6) is 5.75 Å². The highest BCUT2D eigenvalue weighted by molar-refractivity contribution is 8.77. The summed E-state index contributed by atoms with van der Waals surface area (Å²) in [6.07, 6.45) is -0.639. The second kappa shape index (κ2) is 13.8. The number of carbonyl (C=O) groups is 2. The van der Waals surface area contributed by atoms with Crippen LogP contribution >= 0.6 is 21.6 Å². The van der Waals surface area contributed by atoms with Crippen molar-refractivity contribution in [2.45, 2.75) is 51.5 Å². The quantitative estimate of drug-likeness (QED) is 0.201. The van der Waals surface area contributed by atoms with E-state index in [1.807, 2.05) is 48.5 Å². The lowest BCUT2D eigenvalue weighted by Crippen LogP contribution is -2.44. The number of nitrogens with one attached hydrogen (secondary N) is 1. The third-order valence-corrected chi connectivity index (χ3v) is 9.35. The lowest BCUT2D eigenvalue weighted by molar-refractivity contribution is -0.146. The van der Waals surface area contributed by atoms with Crippen molar-refractivity contribution in [2.24, 2.45) is 0 Å². The van der Waals surface area contributed by atoms with Crippen LogP contribution in [0.3, 0.4) is 0 Å². The van der Waals surface area contributed by atoms with E-state index in [0.717, 1.165) is 33.6 Å². The van der Waals surface area contributed by atoms with Crippen LogP contribution in [-0.4, -0.2) is 42.3 Å². The molecular formula is C31H37NO5S2. The number of esters is 1. The van der Waals surface area contributed by atoms with Crippen molar-refractivity contribution in [3.8, 4) is 16.9 Å². The van der Waals surface area contributed by atoms with Crippen molar-refractivity contribution in [3.05, 3.63) is 89.5 Å². The highest BCUT2D eigenvalue weighted by Crippen LogP contribution is 2.44. The first-order valence-corrected chi connectivity index (χ1v) is 14.8. The zero-order valence-electron chi connectivity index (χ0n) is 22.1. The Balaban J connectivity index is 0.00000420. The lowest BCUT2D eigenvalue weighted by atomic mass is 9.98. The predicted molar refractivity (Wildman–Crippen MR) is 161 cm³/mol. The first kappa shape index (κ1) is 30.4. The summed E-state index contributed by atoms with van der Waals surface area (Å²) < 4.78 is 16.4. The highest BCUT2D eigenvalue weighted by Gasteiger charge is 2.30. The van der Waals surface area contributed by atoms with E-state index in [0.29, 0.717) is 5.75 Å². The molecule has 3 aromatic carbocycles. The first-order chi connectivity index (χ1) is 18.2. The number of amides is 1. The predicted octanol–water partition coefficient (Wildman–Crippen LogP) is 7.46. The van der Waals surface area contributed by atoms with Crippen molar-refractivity contribution in [2.75, 3.05) is 19.5 Å². The molecule has 0 radical (unpaired) electrons. The smallest absolute Gasteiger partial charge is 0.407 e. The summed E-state index contributed by atoms with van der Waals surface area (Å²) >= 11 is 0. The van der Waals surface area contributed by atoms with Gasteiger partial charge >= 0.3 is 12.1 Å². The van der Waals surface area contributed by atoms with Crippen molar-refractivity contribution in [1.29, 1.82) is 0 Å². The van der Waals surface area contributed by atoms with Crippen molar-refractivity contribution in [3.63, 3.8) is 0 Å². The summed E-state index contributed by atoms with van der Waals surface area (Å²) in [6.45, 7) is 6.57. The Hall–Kier alpha value is -3.10. The van der Waals surface area contributed by atoms with Gasteiger partial charge in [-0.15, -0.1) is 0 Å². The molecule has 208 valence electrons. The maximum Gasteiger partial charge on any atom is 0.407 e. The maximum absolute atomic E-state index is 13.0. The molecule has 8 heteroatoms. The minimum atomic E-state index is -0.844. The highest BCUT2D eigenvalue weighted by atomic mass is 33.1. The number of hydrogen-bond acceptors (Lipinski definition) is 7. The molecule has 4 rings (SSSR count). The molecule has 0 unspecified atom stereocenters. The largest absolute Gasteiger partial charge is 0.497 e. The standard InChI is InChI=1S/C30H33NO5S2.CH4/c1-30(2,3)38-37-19-27(28(32)35-17-20-13-15-21(34-4)16-14-20)31-29(33)36-18-26-24-11-7-5-9-22(24)23-10-6-8-12-25(23)26;/h5-16,26-27H,17-19H2,1-4H3,(H,31,33);1H4/t27-;/m0./s1. The fourth-order valence-corrected chi connectivity index (χ4v) is 6.66. The fourth-order valence-electron chi connectivity index (χ4n) is 4.21. The minimum Gasteiger partial charge on any atom is -0.497 e. The van der Waals surface area contributed by atoms with Crippen LogP contribution in [0.1, 0.15) is 50.8 Å². The summed E-state index contributed by atoms with van der Waals surface area (Å²) in [5.74, 6) is 0.523. The molecule has 6 nitrogen and oxygen atoms in total. The Kier molecular flexibility index (Phi) is 10.8. The van der Waals surface area contributed by atoms with Crippen LogP contribution < -0.4 is 10.1 Å². The van der Waals surface area contributed by atoms with E-state index in [9.17, 15) is 9.59 Å². The van der Waals surface area contributed by atoms with Crippen LogP contribution in [0.2, 0.25) is 0 Å². The molecule has 0 fully saturated rings. The zero-order chi connectivity index (χ0) is 27.1. The Bertz CT molecular complexity index is 1210. The topological polar surface area (TPSA) is 73.9 Å².